The van der Waals surface area contributed by atoms with E-state index in [9.17, 15) is 9.18 Å². The molecule has 3 aromatic carbocycles. The molecule has 0 saturated heterocycles. The number of anilines is 1. The molecule has 0 unspecified atom stereocenters. The fourth-order valence-corrected chi connectivity index (χ4v) is 2.51. The van der Waals surface area contributed by atoms with Gasteiger partial charge in [0, 0.05) is 5.56 Å². The molecule has 0 saturated carbocycles. The summed E-state index contributed by atoms with van der Waals surface area (Å²) in [6.07, 6.45) is 0. The van der Waals surface area contributed by atoms with Crippen molar-refractivity contribution in [2.75, 3.05) is 5.32 Å². The summed E-state index contributed by atoms with van der Waals surface area (Å²) in [5, 5.41) is 10.2. The molecular formula is C21H14FN3O3. The summed E-state index contributed by atoms with van der Waals surface area (Å²) in [5.41, 5.74) is 0.857. The minimum absolute atomic E-state index is 0.0705. The summed E-state index contributed by atoms with van der Waals surface area (Å²) in [5.74, 6) is 0.348. The maximum atomic E-state index is 13.0. The van der Waals surface area contributed by atoms with Crippen LogP contribution >= 0.6 is 0 Å². The first kappa shape index (κ1) is 17.4. The van der Waals surface area contributed by atoms with Crippen molar-refractivity contribution >= 4 is 11.9 Å². The SMILES string of the molecule is O=C(Nc1nnc(-c2ccc(F)cc2)o1)c1ccccc1Oc1ccccc1. The number of nitrogens with one attached hydrogen (secondary N) is 1. The summed E-state index contributed by atoms with van der Waals surface area (Å²) in [6.45, 7) is 0. The van der Waals surface area contributed by atoms with Crippen molar-refractivity contribution < 1.29 is 18.3 Å². The largest absolute Gasteiger partial charge is 0.457 e. The van der Waals surface area contributed by atoms with E-state index in [-0.39, 0.29) is 17.7 Å². The van der Waals surface area contributed by atoms with Gasteiger partial charge in [0.05, 0.1) is 5.56 Å². The first-order chi connectivity index (χ1) is 13.7. The van der Waals surface area contributed by atoms with Gasteiger partial charge in [-0.1, -0.05) is 35.4 Å². The van der Waals surface area contributed by atoms with Crippen molar-refractivity contribution in [1.82, 2.24) is 10.2 Å². The van der Waals surface area contributed by atoms with E-state index >= 15 is 0 Å². The van der Waals surface area contributed by atoms with Gasteiger partial charge in [-0.25, -0.2) is 4.39 Å². The van der Waals surface area contributed by atoms with Crippen molar-refractivity contribution in [1.29, 1.82) is 0 Å². The first-order valence-corrected chi connectivity index (χ1v) is 8.42. The van der Waals surface area contributed by atoms with Gasteiger partial charge >= 0.3 is 6.01 Å². The van der Waals surface area contributed by atoms with Crippen LogP contribution in [0.4, 0.5) is 10.4 Å². The fraction of sp³-hybridized carbons (Fsp3) is 0. The number of amides is 1. The standard InChI is InChI=1S/C21H14FN3O3/c22-15-12-10-14(11-13-15)20-24-25-21(28-20)23-19(26)17-8-4-5-9-18(17)27-16-6-2-1-3-7-16/h1-13H,(H,23,25,26). The topological polar surface area (TPSA) is 77.3 Å². The van der Waals surface area contributed by atoms with Gasteiger partial charge in [0.2, 0.25) is 5.89 Å². The Kier molecular flexibility index (Phi) is 4.79. The molecule has 0 spiro atoms. The third kappa shape index (κ3) is 3.88. The summed E-state index contributed by atoms with van der Waals surface area (Å²) in [6, 6.07) is 21.5. The van der Waals surface area contributed by atoms with Crippen LogP contribution < -0.4 is 10.1 Å². The third-order valence-corrected chi connectivity index (χ3v) is 3.84. The Morgan fingerprint density at radius 3 is 2.39 bits per heavy atom. The van der Waals surface area contributed by atoms with E-state index in [1.807, 2.05) is 18.2 Å². The summed E-state index contributed by atoms with van der Waals surface area (Å²) >= 11 is 0. The van der Waals surface area contributed by atoms with E-state index in [4.69, 9.17) is 9.15 Å². The molecule has 7 heteroatoms. The first-order valence-electron chi connectivity index (χ1n) is 8.42. The molecule has 6 nitrogen and oxygen atoms in total. The molecule has 0 atom stereocenters. The number of para-hydroxylation sites is 2. The predicted molar refractivity (Wildman–Crippen MR) is 101 cm³/mol. The number of carbonyl (C=O) groups excluding carboxylic acids is 1. The second-order valence-corrected chi connectivity index (χ2v) is 5.78. The predicted octanol–water partition coefficient (Wildman–Crippen LogP) is 4.92. The molecule has 1 aromatic heterocycles. The Labute approximate surface area is 159 Å². The lowest BCUT2D eigenvalue weighted by Crippen LogP contribution is -2.13. The van der Waals surface area contributed by atoms with Crippen LogP contribution in [0, 0.1) is 5.82 Å². The van der Waals surface area contributed by atoms with Crippen molar-refractivity contribution in [2.24, 2.45) is 0 Å². The number of aromatic nitrogens is 2. The minimum Gasteiger partial charge on any atom is -0.457 e. The lowest BCUT2D eigenvalue weighted by atomic mass is 10.2. The molecule has 1 heterocycles. The van der Waals surface area contributed by atoms with Crippen LogP contribution in [0.3, 0.4) is 0 Å². The molecule has 0 radical (unpaired) electrons. The molecule has 0 aliphatic heterocycles. The van der Waals surface area contributed by atoms with Gasteiger partial charge < -0.3 is 9.15 Å². The van der Waals surface area contributed by atoms with Gasteiger partial charge in [0.15, 0.2) is 0 Å². The van der Waals surface area contributed by atoms with Gasteiger partial charge in [0.25, 0.3) is 5.91 Å². The van der Waals surface area contributed by atoms with Gasteiger partial charge in [-0.15, -0.1) is 5.10 Å². The van der Waals surface area contributed by atoms with Gasteiger partial charge in [-0.05, 0) is 48.5 Å². The Bertz CT molecular complexity index is 1100. The summed E-state index contributed by atoms with van der Waals surface area (Å²) in [4.78, 5) is 12.6. The fourth-order valence-electron chi connectivity index (χ4n) is 2.51. The van der Waals surface area contributed by atoms with Gasteiger partial charge in [0.1, 0.15) is 17.3 Å². The zero-order valence-electron chi connectivity index (χ0n) is 14.5. The maximum Gasteiger partial charge on any atom is 0.322 e. The number of nitrogens with zero attached hydrogens (tertiary/aromatic N) is 2. The third-order valence-electron chi connectivity index (χ3n) is 3.84. The summed E-state index contributed by atoms with van der Waals surface area (Å²) < 4.78 is 24.3. The minimum atomic E-state index is -0.458. The molecule has 0 fully saturated rings. The molecule has 4 aromatic rings. The molecule has 138 valence electrons. The lowest BCUT2D eigenvalue weighted by molar-refractivity contribution is 0.102. The average molecular weight is 375 g/mol. The quantitative estimate of drug-likeness (QED) is 0.536. The summed E-state index contributed by atoms with van der Waals surface area (Å²) in [7, 11) is 0. The highest BCUT2D eigenvalue weighted by Crippen LogP contribution is 2.26. The number of rotatable bonds is 5. The number of hydrogen-bond donors (Lipinski definition) is 1. The van der Waals surface area contributed by atoms with Crippen molar-refractivity contribution in [3.8, 4) is 23.0 Å². The van der Waals surface area contributed by atoms with Crippen LogP contribution in [-0.4, -0.2) is 16.1 Å². The normalized spacial score (nSPS) is 10.5. The monoisotopic (exact) mass is 375 g/mol. The van der Waals surface area contributed by atoms with Crippen LogP contribution in [0.1, 0.15) is 10.4 Å². The number of hydrogen-bond acceptors (Lipinski definition) is 5. The molecule has 1 N–H and O–H groups in total. The molecule has 0 bridgehead atoms. The zero-order chi connectivity index (χ0) is 19.3. The lowest BCUT2D eigenvalue weighted by Gasteiger charge is -2.10. The Morgan fingerprint density at radius 2 is 1.61 bits per heavy atom. The molecule has 1 amide bonds. The van der Waals surface area contributed by atoms with Crippen LogP contribution in [0.25, 0.3) is 11.5 Å². The average Bonchev–Trinajstić information content (AvgIpc) is 3.18. The number of carbonyl (C=O) groups is 1. The Hall–Kier alpha value is -4.00. The van der Waals surface area contributed by atoms with Crippen molar-refractivity contribution in [3.63, 3.8) is 0 Å². The Balaban J connectivity index is 1.52. The maximum absolute atomic E-state index is 13.0. The second kappa shape index (κ2) is 7.71. The van der Waals surface area contributed by atoms with E-state index in [0.717, 1.165) is 0 Å². The van der Waals surface area contributed by atoms with Crippen LogP contribution in [0.15, 0.2) is 83.3 Å². The highest BCUT2D eigenvalue weighted by atomic mass is 19.1. The second-order valence-electron chi connectivity index (χ2n) is 5.78. The van der Waals surface area contributed by atoms with Crippen molar-refractivity contribution in [2.45, 2.75) is 0 Å². The molecule has 0 aliphatic carbocycles. The smallest absolute Gasteiger partial charge is 0.322 e. The van der Waals surface area contributed by atoms with E-state index in [1.165, 1.54) is 24.3 Å². The molecule has 4 rings (SSSR count). The van der Waals surface area contributed by atoms with E-state index in [0.29, 0.717) is 22.6 Å². The van der Waals surface area contributed by atoms with Crippen LogP contribution in [-0.2, 0) is 0 Å². The van der Waals surface area contributed by atoms with Crippen LogP contribution in [0.5, 0.6) is 11.5 Å². The highest BCUT2D eigenvalue weighted by Gasteiger charge is 2.16. The van der Waals surface area contributed by atoms with E-state index in [2.05, 4.69) is 15.5 Å². The molecular weight excluding hydrogens is 361 g/mol. The van der Waals surface area contributed by atoms with Crippen molar-refractivity contribution in [3.05, 3.63) is 90.2 Å². The number of ether oxygens (including phenoxy) is 1. The van der Waals surface area contributed by atoms with Crippen LogP contribution in [0.2, 0.25) is 0 Å². The number of benzene rings is 3. The van der Waals surface area contributed by atoms with E-state index < -0.39 is 5.91 Å². The zero-order valence-corrected chi connectivity index (χ0v) is 14.5. The van der Waals surface area contributed by atoms with Gasteiger partial charge in [-0.2, -0.15) is 0 Å². The Morgan fingerprint density at radius 1 is 0.893 bits per heavy atom. The number of halogens is 1. The molecule has 0 aliphatic rings. The van der Waals surface area contributed by atoms with Gasteiger partial charge in [-0.3, -0.25) is 10.1 Å². The van der Waals surface area contributed by atoms with E-state index in [1.54, 1.807) is 36.4 Å². The molecule has 28 heavy (non-hydrogen) atoms. The highest BCUT2D eigenvalue weighted by molar-refractivity contribution is 6.05.